The van der Waals surface area contributed by atoms with Crippen molar-refractivity contribution in [2.75, 3.05) is 0 Å². The smallest absolute Gasteiger partial charge is 0.124 e. The summed E-state index contributed by atoms with van der Waals surface area (Å²) in [6.07, 6.45) is 2.71. The van der Waals surface area contributed by atoms with Gasteiger partial charge in [0.2, 0.25) is 0 Å². The Hall–Kier alpha value is -0.600. The van der Waals surface area contributed by atoms with E-state index >= 15 is 0 Å². The zero-order chi connectivity index (χ0) is 10.1. The van der Waals surface area contributed by atoms with E-state index in [9.17, 15) is 9.50 Å². The van der Waals surface area contributed by atoms with Crippen LogP contribution in [-0.4, -0.2) is 5.11 Å². The molecule has 0 amide bonds. The normalized spacial score (nSPS) is 19.1. The van der Waals surface area contributed by atoms with Crippen LogP contribution in [0.1, 0.15) is 30.9 Å². The minimum atomic E-state index is -0.531. The van der Waals surface area contributed by atoms with Crippen LogP contribution >= 0.6 is 11.6 Å². The number of rotatable bonds is 2. The lowest BCUT2D eigenvalue weighted by Gasteiger charge is -2.30. The monoisotopic (exact) mass is 214 g/mol. The molecular formula is C11H12ClFO. The van der Waals surface area contributed by atoms with E-state index in [1.165, 1.54) is 18.6 Å². The van der Waals surface area contributed by atoms with E-state index in [0.29, 0.717) is 16.5 Å². The van der Waals surface area contributed by atoms with Crippen LogP contribution in [0.4, 0.5) is 4.39 Å². The number of aliphatic hydroxyl groups is 1. The zero-order valence-electron chi connectivity index (χ0n) is 7.71. The molecule has 1 unspecified atom stereocenters. The predicted molar refractivity (Wildman–Crippen MR) is 53.7 cm³/mol. The van der Waals surface area contributed by atoms with Crippen LogP contribution in [0.3, 0.4) is 0 Å². The molecule has 0 aliphatic heterocycles. The highest BCUT2D eigenvalue weighted by Gasteiger charge is 2.27. The van der Waals surface area contributed by atoms with Crippen molar-refractivity contribution in [3.8, 4) is 0 Å². The Kier molecular flexibility index (Phi) is 2.75. The van der Waals surface area contributed by atoms with Gasteiger partial charge in [-0.2, -0.15) is 0 Å². The third-order valence-corrected chi connectivity index (χ3v) is 3.20. The van der Waals surface area contributed by atoms with Gasteiger partial charge in [0.05, 0.1) is 6.10 Å². The molecule has 1 saturated carbocycles. The van der Waals surface area contributed by atoms with Gasteiger partial charge in [0, 0.05) is 5.02 Å². The van der Waals surface area contributed by atoms with Crippen LogP contribution in [0, 0.1) is 11.7 Å². The molecule has 2 rings (SSSR count). The summed E-state index contributed by atoms with van der Waals surface area (Å²) in [5.74, 6) is -0.0579. The standard InChI is InChI=1S/C11H12ClFO/c12-10-6-8(13)4-5-9(10)11(14)7-2-1-3-7/h4-7,11,14H,1-3H2. The first-order valence-electron chi connectivity index (χ1n) is 4.81. The average molecular weight is 215 g/mol. The van der Waals surface area contributed by atoms with Gasteiger partial charge in [0.15, 0.2) is 0 Å². The molecule has 1 fully saturated rings. The maximum Gasteiger partial charge on any atom is 0.124 e. The largest absolute Gasteiger partial charge is 0.388 e. The second-order valence-electron chi connectivity index (χ2n) is 3.80. The Morgan fingerprint density at radius 2 is 2.14 bits per heavy atom. The summed E-state index contributed by atoms with van der Waals surface area (Å²) in [6.45, 7) is 0. The predicted octanol–water partition coefficient (Wildman–Crippen LogP) is 3.31. The lowest BCUT2D eigenvalue weighted by Crippen LogP contribution is -2.20. The van der Waals surface area contributed by atoms with Crippen molar-refractivity contribution in [3.63, 3.8) is 0 Å². The summed E-state index contributed by atoms with van der Waals surface area (Å²) in [4.78, 5) is 0. The van der Waals surface area contributed by atoms with Crippen LogP contribution in [-0.2, 0) is 0 Å². The highest BCUT2D eigenvalue weighted by molar-refractivity contribution is 6.31. The number of hydrogen-bond donors (Lipinski definition) is 1. The Labute approximate surface area is 87.5 Å². The Morgan fingerprint density at radius 3 is 2.64 bits per heavy atom. The maximum atomic E-state index is 12.7. The van der Waals surface area contributed by atoms with Crippen LogP contribution in [0.25, 0.3) is 0 Å². The van der Waals surface area contributed by atoms with Crippen molar-refractivity contribution >= 4 is 11.6 Å². The number of benzene rings is 1. The molecular weight excluding hydrogens is 203 g/mol. The summed E-state index contributed by atoms with van der Waals surface area (Å²) in [5.41, 5.74) is 0.651. The molecule has 1 aliphatic rings. The van der Waals surface area contributed by atoms with Gasteiger partial charge in [-0.05, 0) is 36.5 Å². The third-order valence-electron chi connectivity index (χ3n) is 2.88. The molecule has 0 bridgehead atoms. The van der Waals surface area contributed by atoms with Crippen molar-refractivity contribution in [1.29, 1.82) is 0 Å². The minimum absolute atomic E-state index is 0.304. The van der Waals surface area contributed by atoms with Crippen LogP contribution < -0.4 is 0 Å². The van der Waals surface area contributed by atoms with Crippen molar-refractivity contribution in [3.05, 3.63) is 34.6 Å². The van der Waals surface area contributed by atoms with E-state index in [1.54, 1.807) is 6.07 Å². The van der Waals surface area contributed by atoms with E-state index in [0.717, 1.165) is 12.8 Å². The fourth-order valence-electron chi connectivity index (χ4n) is 1.75. The molecule has 1 aromatic rings. The summed E-state index contributed by atoms with van der Waals surface area (Å²) < 4.78 is 12.7. The third kappa shape index (κ3) is 1.77. The van der Waals surface area contributed by atoms with Crippen LogP contribution in [0.5, 0.6) is 0 Å². The zero-order valence-corrected chi connectivity index (χ0v) is 8.47. The molecule has 76 valence electrons. The number of aliphatic hydroxyl groups excluding tert-OH is 1. The molecule has 3 heteroatoms. The summed E-state index contributed by atoms with van der Waals surface area (Å²) in [5, 5.41) is 10.2. The molecule has 1 atom stereocenters. The van der Waals surface area contributed by atoms with Gasteiger partial charge in [0.1, 0.15) is 5.82 Å². The summed E-state index contributed by atoms with van der Waals surface area (Å²) in [7, 11) is 0. The van der Waals surface area contributed by atoms with Gasteiger partial charge in [0.25, 0.3) is 0 Å². The fourth-order valence-corrected chi connectivity index (χ4v) is 2.03. The first-order valence-corrected chi connectivity index (χ1v) is 5.19. The lowest BCUT2D eigenvalue weighted by molar-refractivity contribution is 0.0621. The SMILES string of the molecule is OC(c1ccc(F)cc1Cl)C1CCC1. The molecule has 0 heterocycles. The van der Waals surface area contributed by atoms with E-state index in [1.807, 2.05) is 0 Å². The van der Waals surface area contributed by atoms with Gasteiger partial charge in [-0.1, -0.05) is 24.1 Å². The van der Waals surface area contributed by atoms with E-state index in [4.69, 9.17) is 11.6 Å². The quantitative estimate of drug-likeness (QED) is 0.801. The van der Waals surface area contributed by atoms with Gasteiger partial charge in [-0.25, -0.2) is 4.39 Å². The van der Waals surface area contributed by atoms with Crippen molar-refractivity contribution in [2.24, 2.45) is 5.92 Å². The van der Waals surface area contributed by atoms with E-state index < -0.39 is 6.10 Å². The summed E-state index contributed by atoms with van der Waals surface area (Å²) in [6, 6.07) is 4.16. The molecule has 0 aromatic heterocycles. The number of halogens is 2. The van der Waals surface area contributed by atoms with Gasteiger partial charge < -0.3 is 5.11 Å². The van der Waals surface area contributed by atoms with Gasteiger partial charge in [-0.3, -0.25) is 0 Å². The van der Waals surface area contributed by atoms with Gasteiger partial charge in [-0.15, -0.1) is 0 Å². The highest BCUT2D eigenvalue weighted by Crippen LogP contribution is 2.39. The minimum Gasteiger partial charge on any atom is -0.388 e. The first kappa shape index (κ1) is 9.94. The second kappa shape index (κ2) is 3.87. The van der Waals surface area contributed by atoms with E-state index in [2.05, 4.69) is 0 Å². The molecule has 14 heavy (non-hydrogen) atoms. The average Bonchev–Trinajstić information content (AvgIpc) is 2.00. The molecule has 1 aromatic carbocycles. The fraction of sp³-hybridized carbons (Fsp3) is 0.455. The molecule has 0 spiro atoms. The maximum absolute atomic E-state index is 12.7. The molecule has 1 aliphatic carbocycles. The Morgan fingerprint density at radius 1 is 1.43 bits per heavy atom. The lowest BCUT2D eigenvalue weighted by atomic mass is 9.79. The van der Waals surface area contributed by atoms with Crippen molar-refractivity contribution in [1.82, 2.24) is 0 Å². The van der Waals surface area contributed by atoms with Crippen molar-refractivity contribution < 1.29 is 9.50 Å². The second-order valence-corrected chi connectivity index (χ2v) is 4.21. The topological polar surface area (TPSA) is 20.2 Å². The Balaban J connectivity index is 2.22. The van der Waals surface area contributed by atoms with Crippen LogP contribution in [0.2, 0.25) is 5.02 Å². The molecule has 0 radical (unpaired) electrons. The molecule has 1 N–H and O–H groups in total. The van der Waals surface area contributed by atoms with Crippen LogP contribution in [0.15, 0.2) is 18.2 Å². The molecule has 1 nitrogen and oxygen atoms in total. The first-order chi connectivity index (χ1) is 6.68. The Bertz CT molecular complexity index is 336. The van der Waals surface area contributed by atoms with E-state index in [-0.39, 0.29) is 5.82 Å². The highest BCUT2D eigenvalue weighted by atomic mass is 35.5. The van der Waals surface area contributed by atoms with Gasteiger partial charge >= 0.3 is 0 Å². The summed E-state index contributed by atoms with van der Waals surface area (Å²) >= 11 is 5.85. The molecule has 0 saturated heterocycles. The number of hydrogen-bond acceptors (Lipinski definition) is 1. The van der Waals surface area contributed by atoms with Crippen molar-refractivity contribution in [2.45, 2.75) is 25.4 Å².